The van der Waals surface area contributed by atoms with Gasteiger partial charge in [-0.15, -0.1) is 0 Å². The number of carbonyl (C=O) groups excluding carboxylic acids is 2. The number of carbonyl (C=O) groups is 2. The quantitative estimate of drug-likeness (QED) is 0.761. The van der Waals surface area contributed by atoms with Crippen molar-refractivity contribution in [2.24, 2.45) is 5.92 Å². The van der Waals surface area contributed by atoms with Crippen LogP contribution in [-0.4, -0.2) is 29.8 Å². The fourth-order valence-corrected chi connectivity index (χ4v) is 1.51. The Morgan fingerprint density at radius 2 is 1.55 bits per heavy atom. The van der Waals surface area contributed by atoms with Gasteiger partial charge in [0.2, 0.25) is 0 Å². The second kappa shape index (κ2) is 7.50. The standard InChI is InChI=1S/C15H29NO4/c1-8-11(9-2)10-19-12(17)15(6,7)16-13(18)20-14(3,4)5/h11H,8-10H2,1-7H3,(H,16,18). The van der Waals surface area contributed by atoms with Crippen molar-refractivity contribution in [3.8, 4) is 0 Å². The molecule has 118 valence electrons. The van der Waals surface area contributed by atoms with Crippen molar-refractivity contribution in [2.45, 2.75) is 72.4 Å². The van der Waals surface area contributed by atoms with Gasteiger partial charge in [0, 0.05) is 0 Å². The molecule has 0 fully saturated rings. The van der Waals surface area contributed by atoms with Crippen LogP contribution in [0.25, 0.3) is 0 Å². The molecule has 0 aromatic heterocycles. The average Bonchev–Trinajstić information content (AvgIpc) is 2.26. The van der Waals surface area contributed by atoms with Gasteiger partial charge in [-0.1, -0.05) is 26.7 Å². The van der Waals surface area contributed by atoms with Gasteiger partial charge in [-0.05, 0) is 40.5 Å². The largest absolute Gasteiger partial charge is 0.464 e. The van der Waals surface area contributed by atoms with Crippen LogP contribution >= 0.6 is 0 Å². The van der Waals surface area contributed by atoms with Crippen molar-refractivity contribution in [1.29, 1.82) is 0 Å². The maximum atomic E-state index is 12.0. The maximum Gasteiger partial charge on any atom is 0.408 e. The molecule has 5 nitrogen and oxygen atoms in total. The Bertz CT molecular complexity index is 327. The van der Waals surface area contributed by atoms with Crippen LogP contribution in [0.5, 0.6) is 0 Å². The minimum Gasteiger partial charge on any atom is -0.464 e. The van der Waals surface area contributed by atoms with E-state index in [2.05, 4.69) is 19.2 Å². The van der Waals surface area contributed by atoms with Gasteiger partial charge in [-0.2, -0.15) is 0 Å². The van der Waals surface area contributed by atoms with Crippen molar-refractivity contribution in [3.05, 3.63) is 0 Å². The summed E-state index contributed by atoms with van der Waals surface area (Å²) in [4.78, 5) is 23.7. The third-order valence-corrected chi connectivity index (χ3v) is 2.93. The molecule has 0 saturated heterocycles. The highest BCUT2D eigenvalue weighted by molar-refractivity contribution is 5.84. The van der Waals surface area contributed by atoms with Gasteiger partial charge in [0.1, 0.15) is 11.1 Å². The lowest BCUT2D eigenvalue weighted by molar-refractivity contribution is -0.151. The van der Waals surface area contributed by atoms with Crippen LogP contribution < -0.4 is 5.32 Å². The smallest absolute Gasteiger partial charge is 0.408 e. The molecule has 0 aliphatic heterocycles. The molecular formula is C15H29NO4. The Morgan fingerprint density at radius 1 is 1.05 bits per heavy atom. The molecule has 0 aliphatic carbocycles. The highest BCUT2D eigenvalue weighted by atomic mass is 16.6. The lowest BCUT2D eigenvalue weighted by atomic mass is 10.0. The van der Waals surface area contributed by atoms with Crippen LogP contribution in [0.4, 0.5) is 4.79 Å². The number of alkyl carbamates (subject to hydrolysis) is 1. The van der Waals surface area contributed by atoms with Crippen LogP contribution in [0.15, 0.2) is 0 Å². The molecule has 0 unspecified atom stereocenters. The van der Waals surface area contributed by atoms with Gasteiger partial charge < -0.3 is 14.8 Å². The Kier molecular flexibility index (Phi) is 7.03. The third kappa shape index (κ3) is 7.36. The Morgan fingerprint density at radius 3 is 1.95 bits per heavy atom. The maximum absolute atomic E-state index is 12.0. The molecular weight excluding hydrogens is 258 g/mol. The van der Waals surface area contributed by atoms with Crippen LogP contribution in [0.1, 0.15) is 61.3 Å². The van der Waals surface area contributed by atoms with Crippen LogP contribution in [-0.2, 0) is 14.3 Å². The molecule has 0 radical (unpaired) electrons. The van der Waals surface area contributed by atoms with E-state index >= 15 is 0 Å². The summed E-state index contributed by atoms with van der Waals surface area (Å²) >= 11 is 0. The number of hydrogen-bond donors (Lipinski definition) is 1. The predicted octanol–water partition coefficient (Wildman–Crippen LogP) is 3.27. The van der Waals surface area contributed by atoms with Gasteiger partial charge in [-0.3, -0.25) is 0 Å². The molecule has 0 heterocycles. The highest BCUT2D eigenvalue weighted by Gasteiger charge is 2.33. The second-order valence-corrected chi connectivity index (χ2v) is 6.53. The van der Waals surface area contributed by atoms with E-state index in [9.17, 15) is 9.59 Å². The van der Waals surface area contributed by atoms with Gasteiger partial charge in [0.05, 0.1) is 6.61 Å². The fourth-order valence-electron chi connectivity index (χ4n) is 1.51. The summed E-state index contributed by atoms with van der Waals surface area (Å²) in [6.45, 7) is 13.0. The minimum absolute atomic E-state index is 0.358. The van der Waals surface area contributed by atoms with E-state index < -0.39 is 23.2 Å². The topological polar surface area (TPSA) is 64.6 Å². The lowest BCUT2D eigenvalue weighted by Crippen LogP contribution is -2.52. The SMILES string of the molecule is CCC(CC)COC(=O)C(C)(C)NC(=O)OC(C)(C)C. The van der Waals surface area contributed by atoms with Gasteiger partial charge in [0.25, 0.3) is 0 Å². The summed E-state index contributed by atoms with van der Waals surface area (Å²) in [7, 11) is 0. The molecule has 0 atom stereocenters. The molecule has 1 N–H and O–H groups in total. The van der Waals surface area contributed by atoms with Crippen molar-refractivity contribution < 1.29 is 19.1 Å². The van der Waals surface area contributed by atoms with Crippen LogP contribution in [0, 0.1) is 5.92 Å². The van der Waals surface area contributed by atoms with E-state index in [1.54, 1.807) is 34.6 Å². The molecule has 0 aromatic carbocycles. The van der Waals surface area contributed by atoms with Crippen LogP contribution in [0.3, 0.4) is 0 Å². The number of esters is 1. The zero-order valence-electron chi connectivity index (χ0n) is 13.8. The third-order valence-electron chi connectivity index (χ3n) is 2.93. The Balaban J connectivity index is 4.41. The molecule has 0 aliphatic rings. The average molecular weight is 287 g/mol. The van der Waals surface area contributed by atoms with Crippen molar-refractivity contribution >= 4 is 12.1 Å². The summed E-state index contributed by atoms with van der Waals surface area (Å²) in [6, 6.07) is 0. The van der Waals surface area contributed by atoms with Gasteiger partial charge >= 0.3 is 12.1 Å². The summed E-state index contributed by atoms with van der Waals surface area (Å²) in [5.41, 5.74) is -1.70. The molecule has 0 rings (SSSR count). The van der Waals surface area contributed by atoms with E-state index in [-0.39, 0.29) is 0 Å². The fraction of sp³-hybridized carbons (Fsp3) is 0.867. The first-order valence-corrected chi connectivity index (χ1v) is 7.20. The van der Waals surface area contributed by atoms with Crippen molar-refractivity contribution in [2.75, 3.05) is 6.61 Å². The zero-order valence-corrected chi connectivity index (χ0v) is 13.8. The van der Waals surface area contributed by atoms with E-state index in [4.69, 9.17) is 9.47 Å². The summed E-state index contributed by atoms with van der Waals surface area (Å²) in [5, 5.41) is 2.54. The second-order valence-electron chi connectivity index (χ2n) is 6.53. The lowest BCUT2D eigenvalue weighted by Gasteiger charge is -2.27. The van der Waals surface area contributed by atoms with E-state index in [1.807, 2.05) is 0 Å². The van der Waals surface area contributed by atoms with Gasteiger partial charge in [0.15, 0.2) is 0 Å². The Labute approximate surface area is 122 Å². The van der Waals surface area contributed by atoms with E-state index in [1.165, 1.54) is 0 Å². The van der Waals surface area contributed by atoms with Crippen molar-refractivity contribution in [3.63, 3.8) is 0 Å². The number of ether oxygens (including phenoxy) is 2. The molecule has 20 heavy (non-hydrogen) atoms. The molecule has 0 saturated carbocycles. The zero-order chi connectivity index (χ0) is 16.0. The number of nitrogens with one attached hydrogen (secondary N) is 1. The molecule has 5 heteroatoms. The summed E-state index contributed by atoms with van der Waals surface area (Å²) in [6.07, 6.45) is 1.30. The molecule has 1 amide bonds. The monoisotopic (exact) mass is 287 g/mol. The normalized spacial score (nSPS) is 12.2. The van der Waals surface area contributed by atoms with E-state index in [0.717, 1.165) is 12.8 Å². The Hall–Kier alpha value is -1.26. The van der Waals surface area contributed by atoms with Crippen molar-refractivity contribution in [1.82, 2.24) is 5.32 Å². The first-order chi connectivity index (χ1) is 9.01. The molecule has 0 aromatic rings. The number of amides is 1. The highest BCUT2D eigenvalue weighted by Crippen LogP contribution is 2.13. The number of hydrogen-bond acceptors (Lipinski definition) is 4. The first-order valence-electron chi connectivity index (χ1n) is 7.20. The first kappa shape index (κ1) is 18.7. The predicted molar refractivity (Wildman–Crippen MR) is 78.5 cm³/mol. The summed E-state index contributed by atoms with van der Waals surface area (Å²) in [5.74, 6) is -0.0912. The summed E-state index contributed by atoms with van der Waals surface area (Å²) < 4.78 is 10.4. The van der Waals surface area contributed by atoms with Crippen LogP contribution in [0.2, 0.25) is 0 Å². The molecule has 0 bridgehead atoms. The molecule has 0 spiro atoms. The van der Waals surface area contributed by atoms with Gasteiger partial charge in [-0.25, -0.2) is 9.59 Å². The number of rotatable bonds is 6. The minimum atomic E-state index is -1.10. The van der Waals surface area contributed by atoms with E-state index in [0.29, 0.717) is 12.5 Å².